The van der Waals surface area contributed by atoms with Gasteiger partial charge in [0.2, 0.25) is 5.91 Å². The van der Waals surface area contributed by atoms with E-state index in [2.05, 4.69) is 22.7 Å². The Bertz CT molecular complexity index is 828. The van der Waals surface area contributed by atoms with E-state index in [1.807, 2.05) is 53.8 Å². The molecule has 1 aliphatic rings. The smallest absolute Gasteiger partial charge is 0.319 e. The van der Waals surface area contributed by atoms with Crippen LogP contribution in [-0.4, -0.2) is 33.2 Å². The number of aryl methyl sites for hydroxylation is 1. The molecule has 1 aliphatic heterocycles. The Morgan fingerprint density at radius 3 is 2.74 bits per heavy atom. The van der Waals surface area contributed by atoms with Crippen LogP contribution in [0.15, 0.2) is 30.3 Å². The van der Waals surface area contributed by atoms with E-state index in [-0.39, 0.29) is 17.9 Å². The van der Waals surface area contributed by atoms with Crippen molar-refractivity contribution in [2.24, 2.45) is 5.92 Å². The summed E-state index contributed by atoms with van der Waals surface area (Å²) in [5.74, 6) is 0.159. The van der Waals surface area contributed by atoms with Gasteiger partial charge in [0.25, 0.3) is 0 Å². The van der Waals surface area contributed by atoms with E-state index in [0.29, 0.717) is 26.2 Å². The minimum absolute atomic E-state index is 0.00435. The van der Waals surface area contributed by atoms with Gasteiger partial charge in [0, 0.05) is 18.2 Å². The van der Waals surface area contributed by atoms with Crippen molar-refractivity contribution < 1.29 is 9.59 Å². The number of hydrogen-bond acceptors (Lipinski definition) is 3. The van der Waals surface area contributed by atoms with E-state index in [9.17, 15) is 9.59 Å². The minimum atomic E-state index is -0.251. The van der Waals surface area contributed by atoms with Crippen molar-refractivity contribution in [1.82, 2.24) is 20.0 Å². The maximum atomic E-state index is 12.2. The van der Waals surface area contributed by atoms with Crippen LogP contribution in [0, 0.1) is 5.92 Å². The largest absolute Gasteiger partial charge is 0.335 e. The molecule has 0 fully saturated rings. The predicted molar refractivity (Wildman–Crippen MR) is 104 cm³/mol. The van der Waals surface area contributed by atoms with E-state index in [0.717, 1.165) is 29.1 Å². The highest BCUT2D eigenvalue weighted by atomic mass is 16.2. The van der Waals surface area contributed by atoms with Crippen molar-refractivity contribution in [3.63, 3.8) is 0 Å². The van der Waals surface area contributed by atoms with E-state index in [4.69, 9.17) is 0 Å². The second-order valence-electron chi connectivity index (χ2n) is 7.08. The summed E-state index contributed by atoms with van der Waals surface area (Å²) < 4.78 is 1.92. The van der Waals surface area contributed by atoms with Gasteiger partial charge < -0.3 is 15.5 Å². The van der Waals surface area contributed by atoms with Crippen LogP contribution in [0.1, 0.15) is 37.7 Å². The number of nitrogens with one attached hydrogen (secondary N) is 2. The van der Waals surface area contributed by atoms with Gasteiger partial charge in [-0.2, -0.15) is 5.10 Å². The fraction of sp³-hybridized carbons (Fsp3) is 0.450. The molecule has 0 aliphatic carbocycles. The summed E-state index contributed by atoms with van der Waals surface area (Å²) in [6.45, 7) is 8.16. The first-order valence-electron chi connectivity index (χ1n) is 9.45. The molecule has 2 aromatic rings. The molecule has 1 aromatic heterocycles. The van der Waals surface area contributed by atoms with Crippen LogP contribution in [0.3, 0.4) is 0 Å². The third-order valence-electron chi connectivity index (χ3n) is 4.73. The van der Waals surface area contributed by atoms with Crippen LogP contribution in [0.5, 0.6) is 0 Å². The molecule has 3 rings (SSSR count). The first kappa shape index (κ1) is 18.9. The highest BCUT2D eigenvalue weighted by Gasteiger charge is 2.23. The number of carbonyl (C=O) groups is 2. The molecule has 7 heteroatoms. The standard InChI is InChI=1S/C20H27N5O2/c1-4-15-7-5-6-8-18(15)22-20(27)21-12-16-11-17-13-24(19(26)14(2)3)9-10-25(17)23-16/h5-8,11,14H,4,9-10,12-13H2,1-3H3,(H2,21,22,27). The Labute approximate surface area is 159 Å². The predicted octanol–water partition coefficient (Wildman–Crippen LogP) is 2.77. The van der Waals surface area contributed by atoms with E-state index in [1.54, 1.807) is 0 Å². The number of benzene rings is 1. The molecular weight excluding hydrogens is 342 g/mol. The van der Waals surface area contributed by atoms with Crippen molar-refractivity contribution >= 4 is 17.6 Å². The number of carbonyl (C=O) groups excluding carboxylic acids is 2. The third-order valence-corrected chi connectivity index (χ3v) is 4.73. The molecule has 27 heavy (non-hydrogen) atoms. The van der Waals surface area contributed by atoms with Gasteiger partial charge in [0.15, 0.2) is 0 Å². The molecule has 0 radical (unpaired) electrons. The Kier molecular flexibility index (Phi) is 5.78. The molecular formula is C20H27N5O2. The molecule has 7 nitrogen and oxygen atoms in total. The number of amides is 3. The van der Waals surface area contributed by atoms with Crippen molar-refractivity contribution in [2.45, 2.75) is 46.8 Å². The lowest BCUT2D eigenvalue weighted by atomic mass is 10.1. The molecule has 0 spiro atoms. The fourth-order valence-corrected chi connectivity index (χ4v) is 3.25. The Hall–Kier alpha value is -2.83. The summed E-state index contributed by atoms with van der Waals surface area (Å²) in [6, 6.07) is 9.48. The molecule has 0 unspecified atom stereocenters. The van der Waals surface area contributed by atoms with Crippen LogP contribution >= 0.6 is 0 Å². The average Bonchev–Trinajstić information content (AvgIpc) is 3.08. The normalized spacial score (nSPS) is 13.4. The third kappa shape index (κ3) is 4.48. The SMILES string of the molecule is CCc1ccccc1NC(=O)NCc1cc2n(n1)CCN(C(=O)C(C)C)C2. The first-order chi connectivity index (χ1) is 13.0. The quantitative estimate of drug-likeness (QED) is 0.850. The number of para-hydroxylation sites is 1. The lowest BCUT2D eigenvalue weighted by molar-refractivity contribution is -0.136. The number of rotatable bonds is 5. The van der Waals surface area contributed by atoms with Crippen LogP contribution in [0.2, 0.25) is 0 Å². The average molecular weight is 369 g/mol. The van der Waals surface area contributed by atoms with Gasteiger partial charge in [-0.05, 0) is 24.1 Å². The number of hydrogen-bond donors (Lipinski definition) is 2. The van der Waals surface area contributed by atoms with Crippen molar-refractivity contribution in [2.75, 3.05) is 11.9 Å². The van der Waals surface area contributed by atoms with Crippen LogP contribution < -0.4 is 10.6 Å². The first-order valence-corrected chi connectivity index (χ1v) is 9.45. The molecule has 0 atom stereocenters. The summed E-state index contributed by atoms with van der Waals surface area (Å²) in [7, 11) is 0. The van der Waals surface area contributed by atoms with E-state index in [1.165, 1.54) is 0 Å². The van der Waals surface area contributed by atoms with Gasteiger partial charge >= 0.3 is 6.03 Å². The van der Waals surface area contributed by atoms with Crippen molar-refractivity contribution in [3.05, 3.63) is 47.3 Å². The highest BCUT2D eigenvalue weighted by molar-refractivity contribution is 5.90. The monoisotopic (exact) mass is 369 g/mol. The van der Waals surface area contributed by atoms with Crippen LogP contribution in [0.4, 0.5) is 10.5 Å². The Morgan fingerprint density at radius 1 is 1.22 bits per heavy atom. The Balaban J connectivity index is 1.57. The number of anilines is 1. The summed E-state index contributed by atoms with van der Waals surface area (Å²) >= 11 is 0. The number of aromatic nitrogens is 2. The molecule has 2 N–H and O–H groups in total. The minimum Gasteiger partial charge on any atom is -0.335 e. The zero-order valence-electron chi connectivity index (χ0n) is 16.2. The summed E-state index contributed by atoms with van der Waals surface area (Å²) in [6.07, 6.45) is 0.857. The van der Waals surface area contributed by atoms with Gasteiger partial charge in [-0.3, -0.25) is 9.48 Å². The van der Waals surface area contributed by atoms with Crippen molar-refractivity contribution in [3.8, 4) is 0 Å². The molecule has 144 valence electrons. The summed E-state index contributed by atoms with van der Waals surface area (Å²) in [5, 5.41) is 10.3. The van der Waals surface area contributed by atoms with E-state index >= 15 is 0 Å². The maximum Gasteiger partial charge on any atom is 0.319 e. The fourth-order valence-electron chi connectivity index (χ4n) is 3.25. The number of nitrogens with zero attached hydrogens (tertiary/aromatic N) is 3. The molecule has 0 saturated heterocycles. The highest BCUT2D eigenvalue weighted by Crippen LogP contribution is 2.17. The molecule has 2 heterocycles. The summed E-state index contributed by atoms with van der Waals surface area (Å²) in [5.41, 5.74) is 3.72. The van der Waals surface area contributed by atoms with Gasteiger partial charge in [0.1, 0.15) is 0 Å². The Morgan fingerprint density at radius 2 is 2.00 bits per heavy atom. The van der Waals surface area contributed by atoms with Crippen LogP contribution in [0.25, 0.3) is 0 Å². The van der Waals surface area contributed by atoms with Crippen LogP contribution in [-0.2, 0) is 30.8 Å². The number of urea groups is 1. The lowest BCUT2D eigenvalue weighted by Crippen LogP contribution is -2.40. The zero-order valence-corrected chi connectivity index (χ0v) is 16.2. The van der Waals surface area contributed by atoms with Gasteiger partial charge in [-0.15, -0.1) is 0 Å². The van der Waals surface area contributed by atoms with Gasteiger partial charge in [-0.1, -0.05) is 39.0 Å². The molecule has 3 amide bonds. The number of fused-ring (bicyclic) bond motifs is 1. The topological polar surface area (TPSA) is 79.3 Å². The van der Waals surface area contributed by atoms with Gasteiger partial charge in [0.05, 0.1) is 31.0 Å². The van der Waals surface area contributed by atoms with Gasteiger partial charge in [-0.25, -0.2) is 4.79 Å². The molecule has 0 saturated carbocycles. The van der Waals surface area contributed by atoms with E-state index < -0.39 is 0 Å². The second-order valence-corrected chi connectivity index (χ2v) is 7.08. The second kappa shape index (κ2) is 8.24. The maximum absolute atomic E-state index is 12.2. The summed E-state index contributed by atoms with van der Waals surface area (Å²) in [4.78, 5) is 26.3. The van der Waals surface area contributed by atoms with Crippen molar-refractivity contribution in [1.29, 1.82) is 0 Å². The lowest BCUT2D eigenvalue weighted by Gasteiger charge is -2.29. The molecule has 0 bridgehead atoms. The molecule has 1 aromatic carbocycles. The zero-order chi connectivity index (χ0) is 19.4.